The van der Waals surface area contributed by atoms with Crippen LogP contribution in [0.2, 0.25) is 0 Å². The molecule has 1 aromatic rings. The Morgan fingerprint density at radius 2 is 1.70 bits per heavy atom. The number of ketones is 1. The van der Waals surface area contributed by atoms with E-state index in [2.05, 4.69) is 32.6 Å². The second-order valence-electron chi connectivity index (χ2n) is 5.08. The van der Waals surface area contributed by atoms with E-state index in [0.29, 0.717) is 0 Å². The quantitative estimate of drug-likeness (QED) is 0.465. The molecule has 0 aliphatic rings. The van der Waals surface area contributed by atoms with E-state index >= 15 is 0 Å². The van der Waals surface area contributed by atoms with Crippen LogP contribution in [0.25, 0.3) is 5.57 Å². The molecule has 0 fully saturated rings. The highest BCUT2D eigenvalue weighted by molar-refractivity contribution is 5.94. The normalized spacial score (nSPS) is 12.3. The summed E-state index contributed by atoms with van der Waals surface area (Å²) in [7, 11) is 0. The van der Waals surface area contributed by atoms with Crippen LogP contribution in [0.3, 0.4) is 0 Å². The molecule has 0 atom stereocenters. The minimum Gasteiger partial charge on any atom is -0.295 e. The molecule has 0 aromatic heterocycles. The number of benzene rings is 1. The summed E-state index contributed by atoms with van der Waals surface area (Å²) in [4.78, 5) is 11.3. The Morgan fingerprint density at radius 3 is 2.20 bits per heavy atom. The topological polar surface area (TPSA) is 17.1 Å². The lowest BCUT2D eigenvalue weighted by molar-refractivity contribution is 0.101. The molecule has 0 aliphatic heterocycles. The summed E-state index contributed by atoms with van der Waals surface area (Å²) in [5.41, 5.74) is 4.29. The molecule has 0 unspecified atom stereocenters. The van der Waals surface area contributed by atoms with Crippen molar-refractivity contribution in [1.82, 2.24) is 0 Å². The van der Waals surface area contributed by atoms with Crippen molar-refractivity contribution in [2.45, 2.75) is 40.0 Å². The van der Waals surface area contributed by atoms with Gasteiger partial charge < -0.3 is 0 Å². The molecule has 0 saturated heterocycles. The van der Waals surface area contributed by atoms with E-state index in [1.807, 2.05) is 30.3 Å². The fourth-order valence-electron chi connectivity index (χ4n) is 1.95. The Labute approximate surface area is 122 Å². The summed E-state index contributed by atoms with van der Waals surface area (Å²) in [6, 6.07) is 7.67. The molecule has 0 bridgehead atoms. The Kier molecular flexibility index (Phi) is 6.72. The highest BCUT2D eigenvalue weighted by Crippen LogP contribution is 2.18. The third-order valence-electron chi connectivity index (χ3n) is 3.32. The average Bonchev–Trinajstić information content (AvgIpc) is 2.46. The summed E-state index contributed by atoms with van der Waals surface area (Å²) < 4.78 is 0. The molecule has 0 radical (unpaired) electrons. The SMILES string of the molecule is C=C/C(=C\C=C(/C)CCCC)c1ccc(C(C)=O)cc1. The number of rotatable bonds is 7. The molecule has 1 heteroatoms. The molecule has 1 rings (SSSR count). The number of hydrogen-bond donors (Lipinski definition) is 0. The first kappa shape index (κ1) is 16.2. The minimum absolute atomic E-state index is 0.0935. The van der Waals surface area contributed by atoms with Crippen molar-refractivity contribution in [2.75, 3.05) is 0 Å². The molecule has 0 spiro atoms. The molecule has 1 aromatic carbocycles. The molecule has 0 aliphatic carbocycles. The first-order valence-corrected chi connectivity index (χ1v) is 7.19. The Morgan fingerprint density at radius 1 is 1.10 bits per heavy atom. The van der Waals surface area contributed by atoms with Gasteiger partial charge in [0.05, 0.1) is 0 Å². The van der Waals surface area contributed by atoms with Gasteiger partial charge in [-0.1, -0.05) is 68.0 Å². The highest BCUT2D eigenvalue weighted by Gasteiger charge is 2.00. The van der Waals surface area contributed by atoms with Crippen LogP contribution >= 0.6 is 0 Å². The van der Waals surface area contributed by atoms with Crippen LogP contribution < -0.4 is 0 Å². The number of carbonyl (C=O) groups is 1. The standard InChI is InChI=1S/C19H24O/c1-5-7-8-15(3)9-10-17(6-2)19-13-11-18(12-14-19)16(4)20/h6,9-14H,2,5,7-8H2,1,3-4H3/b15-9+,17-10+. The maximum absolute atomic E-state index is 11.3. The third-order valence-corrected chi connectivity index (χ3v) is 3.32. The zero-order chi connectivity index (χ0) is 15.0. The predicted molar refractivity (Wildman–Crippen MR) is 87.9 cm³/mol. The van der Waals surface area contributed by atoms with E-state index in [0.717, 1.165) is 23.1 Å². The maximum atomic E-state index is 11.3. The molecular formula is C19H24O. The molecule has 0 saturated carbocycles. The second kappa shape index (κ2) is 8.31. The fraction of sp³-hybridized carbons (Fsp3) is 0.316. The average molecular weight is 268 g/mol. The monoisotopic (exact) mass is 268 g/mol. The van der Waals surface area contributed by atoms with E-state index in [9.17, 15) is 4.79 Å². The summed E-state index contributed by atoms with van der Waals surface area (Å²) in [5, 5.41) is 0. The highest BCUT2D eigenvalue weighted by atomic mass is 16.1. The van der Waals surface area contributed by atoms with Gasteiger partial charge in [0.2, 0.25) is 0 Å². The van der Waals surface area contributed by atoms with E-state index < -0.39 is 0 Å². The number of carbonyl (C=O) groups excluding carboxylic acids is 1. The smallest absolute Gasteiger partial charge is 0.159 e. The number of unbranched alkanes of at least 4 members (excludes halogenated alkanes) is 1. The van der Waals surface area contributed by atoms with Crippen molar-refractivity contribution in [1.29, 1.82) is 0 Å². The maximum Gasteiger partial charge on any atom is 0.159 e. The van der Waals surface area contributed by atoms with Gasteiger partial charge in [-0.25, -0.2) is 0 Å². The van der Waals surface area contributed by atoms with Gasteiger partial charge in [0.25, 0.3) is 0 Å². The lowest BCUT2D eigenvalue weighted by Gasteiger charge is -2.03. The van der Waals surface area contributed by atoms with Crippen LogP contribution in [0, 0.1) is 0 Å². The molecule has 0 amide bonds. The summed E-state index contributed by atoms with van der Waals surface area (Å²) in [6.45, 7) is 9.81. The van der Waals surface area contributed by atoms with Crippen molar-refractivity contribution in [2.24, 2.45) is 0 Å². The van der Waals surface area contributed by atoms with Gasteiger partial charge in [-0.2, -0.15) is 0 Å². The number of Topliss-reactive ketones (excluding diaryl/α,β-unsaturated/α-hetero) is 1. The first-order chi connectivity index (χ1) is 9.58. The first-order valence-electron chi connectivity index (χ1n) is 7.19. The zero-order valence-corrected chi connectivity index (χ0v) is 12.8. The fourth-order valence-corrected chi connectivity index (χ4v) is 1.95. The molecule has 0 heterocycles. The van der Waals surface area contributed by atoms with Crippen LogP contribution in [-0.2, 0) is 0 Å². The van der Waals surface area contributed by atoms with Crippen LogP contribution in [0.5, 0.6) is 0 Å². The summed E-state index contributed by atoms with van der Waals surface area (Å²) in [6.07, 6.45) is 9.70. The van der Waals surface area contributed by atoms with E-state index in [1.54, 1.807) is 6.92 Å². The van der Waals surface area contributed by atoms with Gasteiger partial charge in [-0.15, -0.1) is 0 Å². The van der Waals surface area contributed by atoms with Gasteiger partial charge in [-0.05, 0) is 37.8 Å². The van der Waals surface area contributed by atoms with Gasteiger partial charge in [-0.3, -0.25) is 4.79 Å². The van der Waals surface area contributed by atoms with Crippen LogP contribution in [0.4, 0.5) is 0 Å². The van der Waals surface area contributed by atoms with Crippen molar-refractivity contribution in [3.8, 4) is 0 Å². The van der Waals surface area contributed by atoms with Crippen LogP contribution in [-0.4, -0.2) is 5.78 Å². The van der Waals surface area contributed by atoms with Gasteiger partial charge in [0, 0.05) is 5.56 Å². The number of allylic oxidation sites excluding steroid dienone is 5. The predicted octanol–water partition coefficient (Wildman–Crippen LogP) is 5.60. The Hall–Kier alpha value is -1.89. The number of hydrogen-bond acceptors (Lipinski definition) is 1. The van der Waals surface area contributed by atoms with Crippen molar-refractivity contribution >= 4 is 11.4 Å². The minimum atomic E-state index is 0.0935. The lowest BCUT2D eigenvalue weighted by atomic mass is 10.0. The van der Waals surface area contributed by atoms with Gasteiger partial charge >= 0.3 is 0 Å². The van der Waals surface area contributed by atoms with Crippen molar-refractivity contribution in [3.63, 3.8) is 0 Å². The van der Waals surface area contributed by atoms with Gasteiger partial charge in [0.15, 0.2) is 5.78 Å². The lowest BCUT2D eigenvalue weighted by Crippen LogP contribution is -1.91. The second-order valence-corrected chi connectivity index (χ2v) is 5.08. The van der Waals surface area contributed by atoms with Crippen molar-refractivity contribution < 1.29 is 4.79 Å². The largest absolute Gasteiger partial charge is 0.295 e. The van der Waals surface area contributed by atoms with E-state index in [-0.39, 0.29) is 5.78 Å². The van der Waals surface area contributed by atoms with Crippen LogP contribution in [0.1, 0.15) is 56.0 Å². The molecule has 20 heavy (non-hydrogen) atoms. The zero-order valence-electron chi connectivity index (χ0n) is 12.8. The van der Waals surface area contributed by atoms with Gasteiger partial charge in [0.1, 0.15) is 0 Å². The molecule has 0 N–H and O–H groups in total. The van der Waals surface area contributed by atoms with E-state index in [1.165, 1.54) is 18.4 Å². The van der Waals surface area contributed by atoms with Crippen molar-refractivity contribution in [3.05, 3.63) is 65.8 Å². The summed E-state index contributed by atoms with van der Waals surface area (Å²) in [5.74, 6) is 0.0935. The molecule has 1 nitrogen and oxygen atoms in total. The third kappa shape index (κ3) is 5.00. The molecule has 106 valence electrons. The van der Waals surface area contributed by atoms with Crippen LogP contribution in [0.15, 0.2) is 54.6 Å². The van der Waals surface area contributed by atoms with E-state index in [4.69, 9.17) is 0 Å². The Balaban J connectivity index is 2.89. The molecular weight excluding hydrogens is 244 g/mol. The summed E-state index contributed by atoms with van der Waals surface area (Å²) >= 11 is 0. The Bertz CT molecular complexity index is 515.